The van der Waals surface area contributed by atoms with Crippen LogP contribution < -0.4 is 15.4 Å². The monoisotopic (exact) mass is 396 g/mol. The molecule has 2 N–H and O–H groups in total. The van der Waals surface area contributed by atoms with Gasteiger partial charge in [-0.3, -0.25) is 0 Å². The van der Waals surface area contributed by atoms with Gasteiger partial charge in [-0.1, -0.05) is 35.9 Å². The quantitative estimate of drug-likeness (QED) is 0.517. The lowest BCUT2D eigenvalue weighted by atomic mass is 10.1. The Balaban J connectivity index is 1.67. The second-order valence-electron chi connectivity index (χ2n) is 6.81. The number of halogens is 1. The van der Waals surface area contributed by atoms with Crippen molar-refractivity contribution in [3.05, 3.63) is 70.9 Å². The van der Waals surface area contributed by atoms with Gasteiger partial charge in [-0.05, 0) is 57.0 Å². The van der Waals surface area contributed by atoms with Gasteiger partial charge in [-0.15, -0.1) is 0 Å². The zero-order chi connectivity index (χ0) is 19.9. The molecule has 0 aliphatic heterocycles. The summed E-state index contributed by atoms with van der Waals surface area (Å²) in [7, 11) is 0. The zero-order valence-electron chi connectivity index (χ0n) is 16.4. The third kappa shape index (κ3) is 5.86. The maximum Gasteiger partial charge on any atom is 0.229 e. The minimum atomic E-state index is 0.0893. The summed E-state index contributed by atoms with van der Waals surface area (Å²) < 4.78 is 5.86. The molecular weight excluding hydrogens is 372 g/mol. The molecule has 0 amide bonds. The fourth-order valence-electron chi connectivity index (χ4n) is 2.75. The van der Waals surface area contributed by atoms with E-state index in [4.69, 9.17) is 16.3 Å². The first kappa shape index (κ1) is 20.0. The fourth-order valence-corrected chi connectivity index (χ4v) is 2.87. The highest BCUT2D eigenvalue weighted by atomic mass is 35.5. The number of rotatable bonds is 8. The summed E-state index contributed by atoms with van der Waals surface area (Å²) in [6.45, 7) is 6.73. The Bertz CT molecular complexity index is 913. The summed E-state index contributed by atoms with van der Waals surface area (Å²) in [5.74, 6) is 2.10. The molecule has 1 aromatic heterocycles. The first-order valence-corrected chi connectivity index (χ1v) is 9.74. The second-order valence-corrected chi connectivity index (χ2v) is 7.25. The van der Waals surface area contributed by atoms with Gasteiger partial charge < -0.3 is 15.4 Å². The van der Waals surface area contributed by atoms with Crippen molar-refractivity contribution in [2.24, 2.45) is 0 Å². The maximum absolute atomic E-state index is 5.93. The van der Waals surface area contributed by atoms with Crippen molar-refractivity contribution < 1.29 is 4.74 Å². The van der Waals surface area contributed by atoms with Crippen LogP contribution in [0.1, 0.15) is 25.1 Å². The summed E-state index contributed by atoms with van der Waals surface area (Å²) in [5, 5.41) is 7.39. The Morgan fingerprint density at radius 1 is 1.04 bits per heavy atom. The molecule has 3 rings (SSSR count). The number of benzene rings is 2. The van der Waals surface area contributed by atoms with Crippen molar-refractivity contribution in [2.75, 3.05) is 17.2 Å². The van der Waals surface area contributed by atoms with Crippen molar-refractivity contribution in [1.82, 2.24) is 9.97 Å². The van der Waals surface area contributed by atoms with Crippen LogP contribution in [-0.4, -0.2) is 22.6 Å². The molecule has 0 atom stereocenters. The normalized spacial score (nSPS) is 10.8. The highest BCUT2D eigenvalue weighted by Crippen LogP contribution is 2.27. The van der Waals surface area contributed by atoms with Gasteiger partial charge in [0.2, 0.25) is 5.95 Å². The fraction of sp³-hybridized carbons (Fsp3) is 0.273. The smallest absolute Gasteiger partial charge is 0.229 e. The van der Waals surface area contributed by atoms with Crippen LogP contribution in [0.15, 0.2) is 54.6 Å². The number of anilines is 3. The first-order valence-electron chi connectivity index (χ1n) is 9.36. The second kappa shape index (κ2) is 9.42. The van der Waals surface area contributed by atoms with Gasteiger partial charge in [0.1, 0.15) is 11.6 Å². The highest BCUT2D eigenvalue weighted by Gasteiger charge is 2.08. The van der Waals surface area contributed by atoms with Crippen LogP contribution in [-0.2, 0) is 6.42 Å². The van der Waals surface area contributed by atoms with Crippen LogP contribution in [0.3, 0.4) is 0 Å². The molecule has 3 aromatic rings. The number of aromatic nitrogens is 2. The molecule has 0 aliphatic carbocycles. The molecule has 0 radical (unpaired) electrons. The Kier molecular flexibility index (Phi) is 6.71. The van der Waals surface area contributed by atoms with E-state index in [1.54, 1.807) is 0 Å². The molecule has 0 spiro atoms. The number of nitrogens with zero attached hydrogens (tertiary/aromatic N) is 2. The average Bonchev–Trinajstić information content (AvgIpc) is 2.64. The minimum Gasteiger partial charge on any atom is -0.489 e. The lowest BCUT2D eigenvalue weighted by molar-refractivity contribution is 0.244. The van der Waals surface area contributed by atoms with Crippen molar-refractivity contribution >= 4 is 29.1 Å². The molecule has 0 saturated heterocycles. The largest absolute Gasteiger partial charge is 0.489 e. The van der Waals surface area contributed by atoms with Gasteiger partial charge in [-0.2, -0.15) is 4.98 Å². The average molecular weight is 397 g/mol. The van der Waals surface area contributed by atoms with Crippen molar-refractivity contribution in [2.45, 2.75) is 33.3 Å². The number of hydrogen-bond acceptors (Lipinski definition) is 5. The molecule has 0 unspecified atom stereocenters. The molecule has 5 nitrogen and oxygen atoms in total. The maximum atomic E-state index is 5.93. The molecule has 0 bridgehead atoms. The minimum absolute atomic E-state index is 0.0893. The Morgan fingerprint density at radius 2 is 1.79 bits per heavy atom. The van der Waals surface area contributed by atoms with E-state index in [1.165, 1.54) is 5.56 Å². The van der Waals surface area contributed by atoms with Gasteiger partial charge >= 0.3 is 0 Å². The number of nitrogens with one attached hydrogen (secondary N) is 2. The lowest BCUT2D eigenvalue weighted by Gasteiger charge is -2.15. The van der Waals surface area contributed by atoms with Crippen LogP contribution in [0.5, 0.6) is 5.75 Å². The van der Waals surface area contributed by atoms with E-state index < -0.39 is 0 Å². The van der Waals surface area contributed by atoms with E-state index in [0.717, 1.165) is 40.9 Å². The Labute approximate surface area is 171 Å². The van der Waals surface area contributed by atoms with Crippen molar-refractivity contribution in [3.8, 4) is 5.75 Å². The van der Waals surface area contributed by atoms with Crippen LogP contribution >= 0.6 is 11.6 Å². The van der Waals surface area contributed by atoms with Gasteiger partial charge in [0.05, 0.1) is 11.8 Å². The lowest BCUT2D eigenvalue weighted by Crippen LogP contribution is -2.10. The molecule has 0 saturated carbocycles. The van der Waals surface area contributed by atoms with Crippen molar-refractivity contribution in [3.63, 3.8) is 0 Å². The van der Waals surface area contributed by atoms with Gasteiger partial charge in [0, 0.05) is 23.3 Å². The molecule has 6 heteroatoms. The zero-order valence-corrected chi connectivity index (χ0v) is 17.1. The van der Waals surface area contributed by atoms with Crippen molar-refractivity contribution in [1.29, 1.82) is 0 Å². The topological polar surface area (TPSA) is 59.1 Å². The standard InChI is InChI=1S/C22H25ClN4O/c1-15(2)28-20-7-5-4-6-19(20)26-22-25-16(3)14-21(27-22)24-13-12-17-8-10-18(23)11-9-17/h4-11,14-15H,12-13H2,1-3H3,(H2,24,25,26,27). The van der Waals surface area contributed by atoms with Crippen LogP contribution in [0.25, 0.3) is 0 Å². The third-order valence-electron chi connectivity index (χ3n) is 3.98. The number of hydrogen-bond donors (Lipinski definition) is 2. The SMILES string of the molecule is Cc1cc(NCCc2ccc(Cl)cc2)nc(Nc2ccccc2OC(C)C)n1. The van der Waals surface area contributed by atoms with E-state index >= 15 is 0 Å². The van der Waals surface area contributed by atoms with Gasteiger partial charge in [-0.25, -0.2) is 4.98 Å². The summed E-state index contributed by atoms with van der Waals surface area (Å²) >= 11 is 5.93. The summed E-state index contributed by atoms with van der Waals surface area (Å²) in [6.07, 6.45) is 0.972. The summed E-state index contributed by atoms with van der Waals surface area (Å²) in [6, 6.07) is 17.6. The van der Waals surface area contributed by atoms with Gasteiger partial charge in [0.25, 0.3) is 0 Å². The van der Waals surface area contributed by atoms with E-state index in [-0.39, 0.29) is 6.10 Å². The van der Waals surface area contributed by atoms with Gasteiger partial charge in [0.15, 0.2) is 0 Å². The van der Waals surface area contributed by atoms with E-state index in [2.05, 4.69) is 20.6 Å². The molecule has 146 valence electrons. The predicted octanol–water partition coefficient (Wildman–Crippen LogP) is 5.62. The Morgan fingerprint density at radius 3 is 2.54 bits per heavy atom. The molecule has 1 heterocycles. The Hall–Kier alpha value is -2.79. The van der Waals surface area contributed by atoms with E-state index in [1.807, 2.05) is 75.4 Å². The van der Waals surface area contributed by atoms with E-state index in [9.17, 15) is 0 Å². The number of para-hydroxylation sites is 2. The third-order valence-corrected chi connectivity index (χ3v) is 4.24. The highest BCUT2D eigenvalue weighted by molar-refractivity contribution is 6.30. The van der Waals surface area contributed by atoms with Crippen LogP contribution in [0.2, 0.25) is 5.02 Å². The van der Waals surface area contributed by atoms with Crippen LogP contribution in [0.4, 0.5) is 17.5 Å². The molecule has 0 fully saturated rings. The molecular formula is C22H25ClN4O. The summed E-state index contributed by atoms with van der Waals surface area (Å²) in [5.41, 5.74) is 2.95. The van der Waals surface area contributed by atoms with Crippen LogP contribution in [0, 0.1) is 6.92 Å². The first-order chi connectivity index (χ1) is 13.5. The molecule has 0 aliphatic rings. The molecule has 2 aromatic carbocycles. The number of aryl methyl sites for hydroxylation is 1. The summed E-state index contributed by atoms with van der Waals surface area (Å²) in [4.78, 5) is 9.08. The number of ether oxygens (including phenoxy) is 1. The van der Waals surface area contributed by atoms with E-state index in [0.29, 0.717) is 5.95 Å². The molecule has 28 heavy (non-hydrogen) atoms. The predicted molar refractivity (Wildman–Crippen MR) is 116 cm³/mol.